The molecule has 6 heteroatoms. The van der Waals surface area contributed by atoms with Crippen LogP contribution in [0, 0.1) is 17.1 Å². The van der Waals surface area contributed by atoms with Gasteiger partial charge in [0.05, 0.1) is 34.7 Å². The zero-order valence-corrected chi connectivity index (χ0v) is 15.9. The molecule has 140 valence electrons. The third-order valence-corrected chi connectivity index (χ3v) is 5.34. The van der Waals surface area contributed by atoms with E-state index in [-0.39, 0.29) is 5.56 Å². The molecule has 0 spiro atoms. The summed E-state index contributed by atoms with van der Waals surface area (Å²) in [5, 5.41) is 15.4. The Morgan fingerprint density at radius 2 is 1.79 bits per heavy atom. The summed E-state index contributed by atoms with van der Waals surface area (Å²) in [7, 11) is 3.85. The van der Waals surface area contributed by atoms with Crippen molar-refractivity contribution >= 4 is 21.8 Å². The molecular weight excluding hydrogens is 365 g/mol. The Labute approximate surface area is 166 Å². The molecule has 2 aromatic carbocycles. The van der Waals surface area contributed by atoms with Crippen LogP contribution in [0.25, 0.3) is 44.2 Å². The molecule has 0 N–H and O–H groups in total. The Kier molecular flexibility index (Phi) is 3.71. The normalized spacial score (nSPS) is 11.2. The van der Waals surface area contributed by atoms with Crippen molar-refractivity contribution in [3.05, 3.63) is 72.4 Å². The highest BCUT2D eigenvalue weighted by atomic mass is 19.1. The van der Waals surface area contributed by atoms with Gasteiger partial charge in [0, 0.05) is 42.2 Å². The number of fused-ring (bicyclic) bond motifs is 2. The summed E-state index contributed by atoms with van der Waals surface area (Å²) in [4.78, 5) is 4.74. The Morgan fingerprint density at radius 1 is 0.966 bits per heavy atom. The summed E-state index contributed by atoms with van der Waals surface area (Å²) in [5.41, 5.74) is 5.19. The number of rotatable bonds is 2. The minimum atomic E-state index is -0.536. The summed E-state index contributed by atoms with van der Waals surface area (Å²) in [6.07, 6.45) is 5.62. The lowest BCUT2D eigenvalue weighted by Gasteiger charge is -2.12. The van der Waals surface area contributed by atoms with Crippen LogP contribution in [0.1, 0.15) is 5.56 Å². The minimum absolute atomic E-state index is 0.0276. The van der Waals surface area contributed by atoms with Gasteiger partial charge in [-0.1, -0.05) is 18.2 Å². The third kappa shape index (κ3) is 2.59. The summed E-state index contributed by atoms with van der Waals surface area (Å²) in [6.45, 7) is 0. The summed E-state index contributed by atoms with van der Waals surface area (Å²) in [5.74, 6) is -0.536. The SMILES string of the molecule is Cn1ccc2c(-c3ccc(C#N)c(F)c3)c(-c3ccc4cnn(C)c4c3)ncc21. The Balaban J connectivity index is 1.84. The number of nitriles is 1. The number of halogens is 1. The van der Waals surface area contributed by atoms with Crippen LogP contribution < -0.4 is 0 Å². The van der Waals surface area contributed by atoms with Gasteiger partial charge in [0.2, 0.25) is 0 Å². The van der Waals surface area contributed by atoms with Crippen molar-refractivity contribution in [2.75, 3.05) is 0 Å². The average molecular weight is 381 g/mol. The molecule has 0 saturated carbocycles. The van der Waals surface area contributed by atoms with Crippen molar-refractivity contribution in [1.29, 1.82) is 5.26 Å². The number of pyridine rings is 1. The molecule has 29 heavy (non-hydrogen) atoms. The fraction of sp³-hybridized carbons (Fsp3) is 0.0870. The smallest absolute Gasteiger partial charge is 0.141 e. The molecule has 0 aliphatic rings. The third-order valence-electron chi connectivity index (χ3n) is 5.34. The Bertz CT molecular complexity index is 1450. The highest BCUT2D eigenvalue weighted by molar-refractivity contribution is 6.02. The molecule has 0 saturated heterocycles. The van der Waals surface area contributed by atoms with Crippen molar-refractivity contribution in [1.82, 2.24) is 19.3 Å². The second-order valence-corrected chi connectivity index (χ2v) is 7.06. The zero-order valence-electron chi connectivity index (χ0n) is 15.9. The lowest BCUT2D eigenvalue weighted by atomic mass is 9.95. The first-order valence-corrected chi connectivity index (χ1v) is 9.13. The quantitative estimate of drug-likeness (QED) is 0.441. The van der Waals surface area contributed by atoms with E-state index < -0.39 is 5.82 Å². The lowest BCUT2D eigenvalue weighted by Crippen LogP contribution is -1.95. The highest BCUT2D eigenvalue weighted by Gasteiger charge is 2.17. The van der Waals surface area contributed by atoms with E-state index >= 15 is 0 Å². The number of nitrogens with zero attached hydrogens (tertiary/aromatic N) is 5. The van der Waals surface area contributed by atoms with Crippen molar-refractivity contribution in [3.8, 4) is 28.5 Å². The first-order chi connectivity index (χ1) is 14.1. The Hall–Kier alpha value is -3.98. The first-order valence-electron chi connectivity index (χ1n) is 9.13. The van der Waals surface area contributed by atoms with Crippen molar-refractivity contribution < 1.29 is 4.39 Å². The standard InChI is InChI=1S/C23H16FN5/c1-28-8-7-18-21(28)13-26-23(15-4-6-17-12-27-29(2)20(17)10-15)22(18)14-3-5-16(11-25)19(24)9-14/h3-10,12-13H,1-2H3. The van der Waals surface area contributed by atoms with Crippen LogP contribution >= 0.6 is 0 Å². The number of aryl methyl sites for hydroxylation is 2. The molecule has 0 atom stereocenters. The first kappa shape index (κ1) is 17.1. The van der Waals surface area contributed by atoms with E-state index in [1.165, 1.54) is 12.1 Å². The predicted molar refractivity (Wildman–Crippen MR) is 111 cm³/mol. The highest BCUT2D eigenvalue weighted by Crippen LogP contribution is 2.38. The lowest BCUT2D eigenvalue weighted by molar-refractivity contribution is 0.624. The van der Waals surface area contributed by atoms with E-state index in [1.54, 1.807) is 6.07 Å². The summed E-state index contributed by atoms with van der Waals surface area (Å²) in [6, 6.07) is 14.6. The minimum Gasteiger partial charge on any atom is -0.349 e. The van der Waals surface area contributed by atoms with Gasteiger partial charge in [-0.05, 0) is 29.8 Å². The van der Waals surface area contributed by atoms with Crippen LogP contribution in [0.4, 0.5) is 4.39 Å². The Morgan fingerprint density at radius 3 is 2.59 bits per heavy atom. The molecule has 0 amide bonds. The van der Waals surface area contributed by atoms with Gasteiger partial charge in [0.1, 0.15) is 11.9 Å². The largest absolute Gasteiger partial charge is 0.349 e. The van der Waals surface area contributed by atoms with E-state index in [0.717, 1.165) is 38.6 Å². The topological polar surface area (TPSA) is 59.4 Å². The van der Waals surface area contributed by atoms with Gasteiger partial charge in [0.25, 0.3) is 0 Å². The second-order valence-electron chi connectivity index (χ2n) is 7.06. The molecule has 0 bridgehead atoms. The van der Waals surface area contributed by atoms with E-state index in [1.807, 2.05) is 72.3 Å². The molecule has 3 aromatic heterocycles. The van der Waals surface area contributed by atoms with Crippen molar-refractivity contribution in [2.45, 2.75) is 0 Å². The van der Waals surface area contributed by atoms with Crippen molar-refractivity contribution in [3.63, 3.8) is 0 Å². The molecule has 0 unspecified atom stereocenters. The van der Waals surface area contributed by atoms with Crippen LogP contribution in [-0.4, -0.2) is 19.3 Å². The van der Waals surface area contributed by atoms with Gasteiger partial charge in [-0.15, -0.1) is 0 Å². The fourth-order valence-electron chi connectivity index (χ4n) is 3.80. The number of hydrogen-bond donors (Lipinski definition) is 0. The van der Waals surface area contributed by atoms with Crippen LogP contribution in [-0.2, 0) is 14.1 Å². The molecule has 0 fully saturated rings. The van der Waals surface area contributed by atoms with E-state index in [2.05, 4.69) is 5.10 Å². The summed E-state index contributed by atoms with van der Waals surface area (Å²) >= 11 is 0. The molecule has 5 nitrogen and oxygen atoms in total. The van der Waals surface area contributed by atoms with E-state index in [9.17, 15) is 4.39 Å². The maximum absolute atomic E-state index is 14.4. The molecule has 5 rings (SSSR count). The average Bonchev–Trinajstić information content (AvgIpc) is 3.30. The fourth-order valence-corrected chi connectivity index (χ4v) is 3.80. The van der Waals surface area contributed by atoms with Crippen LogP contribution in [0.2, 0.25) is 0 Å². The monoisotopic (exact) mass is 381 g/mol. The van der Waals surface area contributed by atoms with Gasteiger partial charge in [-0.3, -0.25) is 9.67 Å². The van der Waals surface area contributed by atoms with Crippen LogP contribution in [0.5, 0.6) is 0 Å². The molecule has 5 aromatic rings. The van der Waals surface area contributed by atoms with Gasteiger partial charge < -0.3 is 4.57 Å². The maximum Gasteiger partial charge on any atom is 0.141 e. The molecular formula is C23H16FN5. The van der Waals surface area contributed by atoms with Gasteiger partial charge in [0.15, 0.2) is 0 Å². The van der Waals surface area contributed by atoms with Crippen molar-refractivity contribution in [2.24, 2.45) is 14.1 Å². The van der Waals surface area contributed by atoms with E-state index in [0.29, 0.717) is 5.56 Å². The van der Waals surface area contributed by atoms with Crippen LogP contribution in [0.15, 0.2) is 61.1 Å². The van der Waals surface area contributed by atoms with E-state index in [4.69, 9.17) is 10.2 Å². The second kappa shape index (κ2) is 6.28. The maximum atomic E-state index is 14.4. The molecule has 0 radical (unpaired) electrons. The van der Waals surface area contributed by atoms with Gasteiger partial charge in [-0.2, -0.15) is 10.4 Å². The molecule has 3 heterocycles. The number of aromatic nitrogens is 4. The van der Waals surface area contributed by atoms with Gasteiger partial charge >= 0.3 is 0 Å². The predicted octanol–water partition coefficient (Wildman–Crippen LogP) is 4.80. The number of hydrogen-bond acceptors (Lipinski definition) is 3. The molecule has 0 aliphatic carbocycles. The summed E-state index contributed by atoms with van der Waals surface area (Å²) < 4.78 is 18.2. The van der Waals surface area contributed by atoms with Crippen LogP contribution in [0.3, 0.4) is 0 Å². The molecule has 0 aliphatic heterocycles. The zero-order chi connectivity index (χ0) is 20.1. The van der Waals surface area contributed by atoms with Gasteiger partial charge in [-0.25, -0.2) is 4.39 Å². The number of benzene rings is 2.